The summed E-state index contributed by atoms with van der Waals surface area (Å²) in [5, 5.41) is 17.3. The Morgan fingerprint density at radius 3 is 2.31 bits per heavy atom. The number of benzene rings is 4. The molecule has 39 heavy (non-hydrogen) atoms. The Balaban J connectivity index is 1.45. The fourth-order valence-corrected chi connectivity index (χ4v) is 5.53. The SMILES string of the molecule is COc1cc(C2Nc3ccc(C(=O)c4ccccc4)cc3NC3=C2C(=O)CC(c2ccccc2)C3)ccc1O. The van der Waals surface area contributed by atoms with Crippen molar-refractivity contribution in [3.63, 3.8) is 0 Å². The molecule has 0 radical (unpaired) electrons. The lowest BCUT2D eigenvalue weighted by molar-refractivity contribution is -0.116. The van der Waals surface area contributed by atoms with Crippen molar-refractivity contribution in [2.75, 3.05) is 17.7 Å². The molecule has 0 fully saturated rings. The molecule has 0 spiro atoms. The van der Waals surface area contributed by atoms with E-state index in [0.29, 0.717) is 35.3 Å². The Bertz CT molecular complexity index is 1600. The lowest BCUT2D eigenvalue weighted by Crippen LogP contribution is -2.26. The average Bonchev–Trinajstić information content (AvgIpc) is 3.14. The number of rotatable bonds is 5. The Morgan fingerprint density at radius 1 is 0.821 bits per heavy atom. The van der Waals surface area contributed by atoms with E-state index in [1.807, 2.05) is 48.5 Å². The first-order chi connectivity index (χ1) is 19.0. The van der Waals surface area contributed by atoms with Gasteiger partial charge in [0.05, 0.1) is 24.5 Å². The predicted molar refractivity (Wildman–Crippen MR) is 151 cm³/mol. The van der Waals surface area contributed by atoms with Crippen molar-refractivity contribution in [2.45, 2.75) is 24.8 Å². The number of anilines is 2. The molecule has 0 saturated heterocycles. The van der Waals surface area contributed by atoms with Crippen molar-refractivity contribution >= 4 is 22.9 Å². The van der Waals surface area contributed by atoms with E-state index in [1.165, 1.54) is 7.11 Å². The second-order valence-corrected chi connectivity index (χ2v) is 9.92. The van der Waals surface area contributed by atoms with Crippen molar-refractivity contribution in [3.05, 3.63) is 131 Å². The first kappa shape index (κ1) is 24.5. The highest BCUT2D eigenvalue weighted by atomic mass is 16.5. The third kappa shape index (κ3) is 4.66. The van der Waals surface area contributed by atoms with Gasteiger partial charge in [-0.25, -0.2) is 0 Å². The van der Waals surface area contributed by atoms with Crippen LogP contribution in [0.25, 0.3) is 0 Å². The Morgan fingerprint density at radius 2 is 1.56 bits per heavy atom. The molecule has 1 aliphatic heterocycles. The Hall–Kier alpha value is -4.84. The van der Waals surface area contributed by atoms with Crippen molar-refractivity contribution < 1.29 is 19.4 Å². The summed E-state index contributed by atoms with van der Waals surface area (Å²) in [7, 11) is 1.50. The van der Waals surface area contributed by atoms with Crippen LogP contribution in [-0.2, 0) is 4.79 Å². The third-order valence-corrected chi connectivity index (χ3v) is 7.51. The highest BCUT2D eigenvalue weighted by Gasteiger charge is 2.36. The van der Waals surface area contributed by atoms with Gasteiger partial charge in [-0.1, -0.05) is 66.7 Å². The molecule has 1 heterocycles. The summed E-state index contributed by atoms with van der Waals surface area (Å²) in [5.41, 5.74) is 6.08. The molecular weight excluding hydrogens is 488 g/mol. The monoisotopic (exact) mass is 516 g/mol. The normalized spacial score (nSPS) is 18.2. The van der Waals surface area contributed by atoms with Gasteiger partial charge in [0.2, 0.25) is 0 Å². The zero-order valence-corrected chi connectivity index (χ0v) is 21.5. The van der Waals surface area contributed by atoms with E-state index in [0.717, 1.165) is 28.2 Å². The van der Waals surface area contributed by atoms with Crippen LogP contribution in [-0.4, -0.2) is 23.8 Å². The molecular formula is C33H28N2O4. The van der Waals surface area contributed by atoms with Gasteiger partial charge in [-0.15, -0.1) is 0 Å². The lowest BCUT2D eigenvalue weighted by Gasteiger charge is -2.30. The van der Waals surface area contributed by atoms with E-state index in [9.17, 15) is 14.7 Å². The molecule has 3 N–H and O–H groups in total. The van der Waals surface area contributed by atoms with Crippen molar-refractivity contribution in [1.29, 1.82) is 0 Å². The minimum atomic E-state index is -0.469. The summed E-state index contributed by atoms with van der Waals surface area (Å²) in [6, 6.07) is 29.5. The second-order valence-electron chi connectivity index (χ2n) is 9.92. The number of aromatic hydroxyl groups is 1. The standard InChI is InChI=1S/C33H28N2O4/c1-39-30-19-22(13-15-28(30)36)32-31-27(17-24(18-29(31)37)20-8-4-2-5-9-20)34-26-16-23(12-14-25(26)35-32)33(38)21-10-6-3-7-11-21/h2-16,19,24,32,34-36H,17-18H2,1H3. The maximum absolute atomic E-state index is 13.8. The summed E-state index contributed by atoms with van der Waals surface area (Å²) < 4.78 is 5.37. The highest BCUT2D eigenvalue weighted by Crippen LogP contribution is 2.45. The number of Topliss-reactive ketones (excluding diaryl/α,β-unsaturated/α-hetero) is 1. The average molecular weight is 517 g/mol. The molecule has 194 valence electrons. The van der Waals surface area contributed by atoms with Gasteiger partial charge in [-0.2, -0.15) is 0 Å². The lowest BCUT2D eigenvalue weighted by atomic mass is 9.78. The summed E-state index contributed by atoms with van der Waals surface area (Å²) in [6.07, 6.45) is 1.04. The first-order valence-electron chi connectivity index (χ1n) is 13.0. The number of hydrogen-bond donors (Lipinski definition) is 3. The van der Waals surface area contributed by atoms with E-state index in [2.05, 4.69) is 22.8 Å². The minimum absolute atomic E-state index is 0.0331. The molecule has 6 rings (SSSR count). The maximum Gasteiger partial charge on any atom is 0.193 e. The van der Waals surface area contributed by atoms with E-state index in [4.69, 9.17) is 4.74 Å². The number of phenols is 1. The van der Waals surface area contributed by atoms with Crippen LogP contribution >= 0.6 is 0 Å². The van der Waals surface area contributed by atoms with Crippen LogP contribution < -0.4 is 15.4 Å². The topological polar surface area (TPSA) is 87.7 Å². The number of fused-ring (bicyclic) bond motifs is 1. The number of nitrogens with one attached hydrogen (secondary N) is 2. The summed E-state index contributed by atoms with van der Waals surface area (Å²) in [4.78, 5) is 27.0. The number of ether oxygens (including phenoxy) is 1. The molecule has 0 amide bonds. The number of carbonyl (C=O) groups excluding carboxylic acids is 2. The smallest absolute Gasteiger partial charge is 0.193 e. The van der Waals surface area contributed by atoms with Gasteiger partial charge in [0, 0.05) is 28.8 Å². The minimum Gasteiger partial charge on any atom is -0.504 e. The number of allylic oxidation sites excluding steroid dienone is 1. The number of carbonyl (C=O) groups is 2. The van der Waals surface area contributed by atoms with Gasteiger partial charge < -0.3 is 20.5 Å². The summed E-state index contributed by atoms with van der Waals surface area (Å²) in [5.74, 6) is 0.389. The maximum atomic E-state index is 13.8. The fraction of sp³-hybridized carbons (Fsp3) is 0.152. The van der Waals surface area contributed by atoms with E-state index in [1.54, 1.807) is 36.4 Å². The summed E-state index contributed by atoms with van der Waals surface area (Å²) in [6.45, 7) is 0. The molecule has 2 unspecified atom stereocenters. The van der Waals surface area contributed by atoms with Crippen LogP contribution in [0.15, 0.2) is 108 Å². The molecule has 2 aliphatic rings. The first-order valence-corrected chi connectivity index (χ1v) is 13.0. The molecule has 0 bridgehead atoms. The molecule has 4 aromatic carbocycles. The quantitative estimate of drug-likeness (QED) is 0.259. The van der Waals surface area contributed by atoms with E-state index >= 15 is 0 Å². The van der Waals surface area contributed by atoms with E-state index in [-0.39, 0.29) is 23.2 Å². The van der Waals surface area contributed by atoms with Crippen molar-refractivity contribution in [3.8, 4) is 11.5 Å². The van der Waals surface area contributed by atoms with Gasteiger partial charge in [-0.05, 0) is 53.8 Å². The van der Waals surface area contributed by atoms with Crippen LogP contribution in [0.2, 0.25) is 0 Å². The Labute approximate surface area is 227 Å². The van der Waals surface area contributed by atoms with Gasteiger partial charge in [0.15, 0.2) is 23.1 Å². The Kier molecular flexibility index (Phi) is 6.37. The van der Waals surface area contributed by atoms with Gasteiger partial charge in [0.1, 0.15) is 0 Å². The molecule has 6 heteroatoms. The van der Waals surface area contributed by atoms with Crippen LogP contribution in [0.5, 0.6) is 11.5 Å². The zero-order valence-electron chi connectivity index (χ0n) is 21.5. The number of methoxy groups -OCH3 is 1. The van der Waals surface area contributed by atoms with Crippen molar-refractivity contribution in [2.24, 2.45) is 0 Å². The molecule has 0 aromatic heterocycles. The predicted octanol–water partition coefficient (Wildman–Crippen LogP) is 6.61. The molecule has 4 aromatic rings. The zero-order chi connectivity index (χ0) is 26.9. The fourth-order valence-electron chi connectivity index (χ4n) is 5.53. The van der Waals surface area contributed by atoms with Gasteiger partial charge in [-0.3, -0.25) is 9.59 Å². The van der Waals surface area contributed by atoms with E-state index < -0.39 is 6.04 Å². The molecule has 6 nitrogen and oxygen atoms in total. The number of phenolic OH excluding ortho intramolecular Hbond substituents is 1. The third-order valence-electron chi connectivity index (χ3n) is 7.51. The largest absolute Gasteiger partial charge is 0.504 e. The van der Waals surface area contributed by atoms with Crippen LogP contribution in [0.1, 0.15) is 51.8 Å². The van der Waals surface area contributed by atoms with Crippen LogP contribution in [0.4, 0.5) is 11.4 Å². The van der Waals surface area contributed by atoms with Gasteiger partial charge in [0.25, 0.3) is 0 Å². The number of ketones is 2. The van der Waals surface area contributed by atoms with Gasteiger partial charge >= 0.3 is 0 Å². The molecule has 0 saturated carbocycles. The second kappa shape index (κ2) is 10.1. The highest BCUT2D eigenvalue weighted by molar-refractivity contribution is 6.10. The van der Waals surface area contributed by atoms with Crippen molar-refractivity contribution in [1.82, 2.24) is 0 Å². The molecule has 1 aliphatic carbocycles. The van der Waals surface area contributed by atoms with Crippen LogP contribution in [0, 0.1) is 0 Å². The summed E-state index contributed by atoms with van der Waals surface area (Å²) >= 11 is 0. The van der Waals surface area contributed by atoms with Crippen LogP contribution in [0.3, 0.4) is 0 Å². The molecule has 2 atom stereocenters. The number of hydrogen-bond acceptors (Lipinski definition) is 6.